The van der Waals surface area contributed by atoms with Crippen LogP contribution in [0.2, 0.25) is 0 Å². The fourth-order valence-electron chi connectivity index (χ4n) is 2.39. The van der Waals surface area contributed by atoms with Crippen molar-refractivity contribution in [2.45, 2.75) is 59.5 Å². The largest absolute Gasteiger partial charge is 0.382 e. The Labute approximate surface area is 152 Å². The Morgan fingerprint density at radius 2 is 1.73 bits per heavy atom. The lowest BCUT2D eigenvalue weighted by Crippen LogP contribution is -2.19. The van der Waals surface area contributed by atoms with E-state index in [4.69, 9.17) is 25.3 Å². The molecule has 0 saturated carbocycles. The molecule has 2 aromatic rings. The van der Waals surface area contributed by atoms with Gasteiger partial charge >= 0.3 is 7.60 Å². The van der Waals surface area contributed by atoms with Crippen molar-refractivity contribution in [3.8, 4) is 0 Å². The van der Waals surface area contributed by atoms with Gasteiger partial charge in [-0.15, -0.1) is 0 Å². The van der Waals surface area contributed by atoms with Crippen LogP contribution in [-0.2, 0) is 24.9 Å². The Bertz CT molecular complexity index is 780. The minimum absolute atomic E-state index is 0.0745. The van der Waals surface area contributed by atoms with Crippen molar-refractivity contribution in [1.29, 1.82) is 0 Å². The van der Waals surface area contributed by atoms with Gasteiger partial charge in [0.05, 0.1) is 31.2 Å². The molecular weight excluding hydrogens is 359 g/mol. The highest BCUT2D eigenvalue weighted by Crippen LogP contribution is 2.50. The van der Waals surface area contributed by atoms with E-state index in [9.17, 15) is 4.57 Å². The number of fused-ring (bicyclic) bond motifs is 1. The maximum Gasteiger partial charge on any atom is 0.356 e. The van der Waals surface area contributed by atoms with E-state index in [-0.39, 0.29) is 36.4 Å². The SMILES string of the molecule is CC(C)OP(=O)(CO[C@H](C)Cn1cnc2c(N)nc(N)nc21)OC(C)C. The standard InChI is InChI=1S/C15H27N6O4P/c1-9(2)24-26(22,25-10(3)4)8-23-11(5)6-21-7-18-12-13(16)19-15(17)20-14(12)21/h7,9-11H,6,8H2,1-5H3,(H4,16,17,19,20)/t11-/m1/s1. The van der Waals surface area contributed by atoms with E-state index >= 15 is 0 Å². The van der Waals surface area contributed by atoms with Crippen LogP contribution in [0, 0.1) is 0 Å². The molecule has 0 aliphatic carbocycles. The molecule has 146 valence electrons. The molecule has 0 radical (unpaired) electrons. The number of nitrogens with zero attached hydrogens (tertiary/aromatic N) is 4. The van der Waals surface area contributed by atoms with Gasteiger partial charge in [-0.2, -0.15) is 9.97 Å². The van der Waals surface area contributed by atoms with Crippen molar-refractivity contribution in [2.75, 3.05) is 17.8 Å². The minimum Gasteiger partial charge on any atom is -0.382 e. The summed E-state index contributed by atoms with van der Waals surface area (Å²) in [5.74, 6) is 0.297. The minimum atomic E-state index is -3.35. The van der Waals surface area contributed by atoms with Crippen molar-refractivity contribution >= 4 is 30.5 Å². The molecule has 4 N–H and O–H groups in total. The van der Waals surface area contributed by atoms with Crippen LogP contribution in [-0.4, -0.2) is 44.2 Å². The van der Waals surface area contributed by atoms with Gasteiger partial charge in [-0.3, -0.25) is 4.57 Å². The van der Waals surface area contributed by atoms with Gasteiger partial charge in [-0.1, -0.05) is 0 Å². The number of hydrogen-bond acceptors (Lipinski definition) is 9. The second-order valence-corrected chi connectivity index (χ2v) is 8.46. The average molecular weight is 386 g/mol. The van der Waals surface area contributed by atoms with Gasteiger partial charge in [-0.05, 0) is 34.6 Å². The van der Waals surface area contributed by atoms with Crippen LogP contribution in [0.4, 0.5) is 11.8 Å². The Hall–Kier alpha value is -1.74. The smallest absolute Gasteiger partial charge is 0.356 e. The van der Waals surface area contributed by atoms with Crippen LogP contribution >= 0.6 is 7.60 Å². The van der Waals surface area contributed by atoms with E-state index in [0.717, 1.165) is 0 Å². The molecule has 0 aliphatic rings. The van der Waals surface area contributed by atoms with Crippen molar-refractivity contribution in [1.82, 2.24) is 19.5 Å². The zero-order valence-electron chi connectivity index (χ0n) is 15.7. The van der Waals surface area contributed by atoms with Gasteiger partial charge in [-0.25, -0.2) is 4.98 Å². The number of rotatable bonds is 9. The van der Waals surface area contributed by atoms with Gasteiger partial charge in [0.1, 0.15) is 11.9 Å². The molecule has 26 heavy (non-hydrogen) atoms. The second kappa shape index (κ2) is 8.30. The predicted octanol–water partition coefficient (Wildman–Crippen LogP) is 2.40. The van der Waals surface area contributed by atoms with Crippen molar-refractivity contribution in [2.24, 2.45) is 0 Å². The number of nitrogens with two attached hydrogens (primary N) is 2. The molecule has 10 nitrogen and oxygen atoms in total. The third kappa shape index (κ3) is 5.38. The molecule has 2 rings (SSSR count). The summed E-state index contributed by atoms with van der Waals surface area (Å²) >= 11 is 0. The third-order valence-corrected chi connectivity index (χ3v) is 5.17. The van der Waals surface area contributed by atoms with Gasteiger partial charge in [0.2, 0.25) is 5.95 Å². The number of anilines is 2. The molecule has 0 spiro atoms. The zero-order chi connectivity index (χ0) is 19.5. The van der Waals surface area contributed by atoms with Gasteiger partial charge < -0.3 is 29.8 Å². The monoisotopic (exact) mass is 386 g/mol. The summed E-state index contributed by atoms with van der Waals surface area (Å²) in [6.07, 6.45) is 0.669. The highest BCUT2D eigenvalue weighted by Gasteiger charge is 2.29. The summed E-state index contributed by atoms with van der Waals surface area (Å²) in [6, 6.07) is 0. The Kier molecular flexibility index (Phi) is 6.57. The molecule has 0 saturated heterocycles. The first kappa shape index (κ1) is 20.6. The second-order valence-electron chi connectivity index (χ2n) is 6.56. The maximum absolute atomic E-state index is 12.8. The van der Waals surface area contributed by atoms with E-state index < -0.39 is 7.60 Å². The fourth-order valence-corrected chi connectivity index (χ4v) is 4.29. The molecule has 11 heteroatoms. The number of imidazole rings is 1. The molecule has 0 bridgehead atoms. The summed E-state index contributed by atoms with van der Waals surface area (Å²) < 4.78 is 31.2. The Morgan fingerprint density at radius 1 is 1.12 bits per heavy atom. The van der Waals surface area contributed by atoms with Crippen LogP contribution in [0.25, 0.3) is 11.2 Å². The predicted molar refractivity (Wildman–Crippen MR) is 99.6 cm³/mol. The van der Waals surface area contributed by atoms with Crippen LogP contribution in [0.5, 0.6) is 0 Å². The first-order valence-corrected chi connectivity index (χ1v) is 10.1. The molecular formula is C15H27N6O4P. The van der Waals surface area contributed by atoms with Gasteiger partial charge in [0.15, 0.2) is 11.5 Å². The topological polar surface area (TPSA) is 140 Å². The third-order valence-electron chi connectivity index (χ3n) is 3.22. The summed E-state index contributed by atoms with van der Waals surface area (Å²) in [4.78, 5) is 12.2. The van der Waals surface area contributed by atoms with Gasteiger partial charge in [0.25, 0.3) is 0 Å². The summed E-state index contributed by atoms with van der Waals surface area (Å²) in [5, 5.41) is 0. The van der Waals surface area contributed by atoms with E-state index in [1.807, 2.05) is 6.92 Å². The number of hydrogen-bond donors (Lipinski definition) is 2. The molecule has 0 amide bonds. The summed E-state index contributed by atoms with van der Waals surface area (Å²) in [5.41, 5.74) is 12.4. The summed E-state index contributed by atoms with van der Waals surface area (Å²) in [7, 11) is -3.35. The van der Waals surface area contributed by atoms with Crippen LogP contribution in [0.15, 0.2) is 6.33 Å². The molecule has 0 aliphatic heterocycles. The van der Waals surface area contributed by atoms with Gasteiger partial charge in [0, 0.05) is 0 Å². The first-order chi connectivity index (χ1) is 12.1. The first-order valence-electron chi connectivity index (χ1n) is 8.41. The van der Waals surface area contributed by atoms with Crippen molar-refractivity contribution in [3.63, 3.8) is 0 Å². The Morgan fingerprint density at radius 3 is 2.31 bits per heavy atom. The molecule has 0 fully saturated rings. The lowest BCUT2D eigenvalue weighted by atomic mass is 10.4. The summed E-state index contributed by atoms with van der Waals surface area (Å²) in [6.45, 7) is 9.44. The lowest BCUT2D eigenvalue weighted by molar-refractivity contribution is 0.0549. The zero-order valence-corrected chi connectivity index (χ0v) is 16.6. The quantitative estimate of drug-likeness (QED) is 0.621. The van der Waals surface area contributed by atoms with E-state index in [1.54, 1.807) is 38.6 Å². The molecule has 2 aromatic heterocycles. The molecule has 1 atom stereocenters. The highest BCUT2D eigenvalue weighted by molar-refractivity contribution is 7.53. The van der Waals surface area contributed by atoms with Crippen molar-refractivity contribution in [3.05, 3.63) is 6.33 Å². The molecule has 2 heterocycles. The number of nitrogen functional groups attached to an aromatic ring is 2. The van der Waals surface area contributed by atoms with Crippen LogP contribution < -0.4 is 11.5 Å². The fraction of sp³-hybridized carbons (Fsp3) is 0.667. The van der Waals surface area contributed by atoms with Crippen LogP contribution in [0.1, 0.15) is 34.6 Å². The highest BCUT2D eigenvalue weighted by atomic mass is 31.2. The van der Waals surface area contributed by atoms with E-state index in [1.165, 1.54) is 0 Å². The normalized spacial score (nSPS) is 13.8. The molecule has 0 aromatic carbocycles. The molecule has 0 unspecified atom stereocenters. The van der Waals surface area contributed by atoms with E-state index in [0.29, 0.717) is 17.7 Å². The average Bonchev–Trinajstić information content (AvgIpc) is 2.87. The maximum atomic E-state index is 12.8. The lowest BCUT2D eigenvalue weighted by Gasteiger charge is -2.24. The van der Waals surface area contributed by atoms with E-state index in [2.05, 4.69) is 15.0 Å². The number of aromatic nitrogens is 4. The van der Waals surface area contributed by atoms with Crippen molar-refractivity contribution < 1.29 is 18.3 Å². The number of ether oxygens (including phenoxy) is 1. The Balaban J connectivity index is 2.06. The van der Waals surface area contributed by atoms with Crippen LogP contribution in [0.3, 0.4) is 0 Å².